The van der Waals surface area contributed by atoms with Crippen LogP contribution in [-0.4, -0.2) is 26.4 Å². The average Bonchev–Trinajstić information content (AvgIpc) is 2.97. The number of hydrogen-bond donors (Lipinski definition) is 1. The highest BCUT2D eigenvalue weighted by Crippen LogP contribution is 2.25. The van der Waals surface area contributed by atoms with Crippen LogP contribution in [0.15, 0.2) is 24.3 Å². The van der Waals surface area contributed by atoms with Gasteiger partial charge in [0.2, 0.25) is 0 Å². The zero-order chi connectivity index (χ0) is 14.2. The Labute approximate surface area is 122 Å². The second-order valence-electron chi connectivity index (χ2n) is 5.62. The Morgan fingerprint density at radius 2 is 1.90 bits per heavy atom. The van der Waals surface area contributed by atoms with E-state index in [1.165, 1.54) is 31.2 Å². The first-order chi connectivity index (χ1) is 9.79. The third kappa shape index (κ3) is 4.80. The summed E-state index contributed by atoms with van der Waals surface area (Å²) in [6.45, 7) is 3.99. The molecule has 0 bridgehead atoms. The van der Waals surface area contributed by atoms with Gasteiger partial charge >= 0.3 is 0 Å². The fraction of sp³-hybridized carbons (Fsp3) is 0.647. The van der Waals surface area contributed by atoms with E-state index in [-0.39, 0.29) is 0 Å². The van der Waals surface area contributed by atoms with Gasteiger partial charge in [-0.25, -0.2) is 0 Å². The van der Waals surface area contributed by atoms with Crippen molar-refractivity contribution in [3.8, 4) is 5.75 Å². The van der Waals surface area contributed by atoms with Crippen molar-refractivity contribution in [2.75, 3.05) is 20.3 Å². The molecule has 1 aliphatic carbocycles. The lowest BCUT2D eigenvalue weighted by Gasteiger charge is -2.16. The van der Waals surface area contributed by atoms with Crippen molar-refractivity contribution in [3.63, 3.8) is 0 Å². The zero-order valence-electron chi connectivity index (χ0n) is 12.7. The van der Waals surface area contributed by atoms with Gasteiger partial charge in [-0.2, -0.15) is 0 Å². The maximum Gasteiger partial charge on any atom is 0.119 e. The molecule has 0 unspecified atom stereocenters. The summed E-state index contributed by atoms with van der Waals surface area (Å²) in [6, 6.07) is 8.89. The van der Waals surface area contributed by atoms with Gasteiger partial charge in [0.25, 0.3) is 0 Å². The molecule has 1 saturated carbocycles. The van der Waals surface area contributed by atoms with Crippen molar-refractivity contribution >= 4 is 0 Å². The second-order valence-corrected chi connectivity index (χ2v) is 5.62. The Morgan fingerprint density at radius 3 is 2.55 bits per heavy atom. The Bertz CT molecular complexity index is 371. The van der Waals surface area contributed by atoms with E-state index in [2.05, 4.69) is 36.5 Å². The summed E-state index contributed by atoms with van der Waals surface area (Å²) in [5.74, 6) is 1.01. The maximum atomic E-state index is 5.99. The molecule has 112 valence electrons. The maximum absolute atomic E-state index is 5.99. The molecule has 3 nitrogen and oxygen atoms in total. The first-order valence-corrected chi connectivity index (χ1v) is 7.78. The lowest BCUT2D eigenvalue weighted by molar-refractivity contribution is 0.193. The summed E-state index contributed by atoms with van der Waals surface area (Å²) in [5, 5.41) is 3.51. The Kier molecular flexibility index (Phi) is 6.34. The smallest absolute Gasteiger partial charge is 0.119 e. The molecule has 20 heavy (non-hydrogen) atoms. The molecule has 0 aromatic heterocycles. The van der Waals surface area contributed by atoms with Crippen molar-refractivity contribution in [1.29, 1.82) is 0 Å². The van der Waals surface area contributed by atoms with Gasteiger partial charge in [-0.3, -0.25) is 0 Å². The second kappa shape index (κ2) is 8.28. The summed E-state index contributed by atoms with van der Waals surface area (Å²) >= 11 is 0. The third-order valence-corrected chi connectivity index (χ3v) is 3.96. The zero-order valence-corrected chi connectivity index (χ0v) is 12.7. The molecule has 2 rings (SSSR count). The lowest BCUT2D eigenvalue weighted by Crippen LogP contribution is -2.20. The van der Waals surface area contributed by atoms with Gasteiger partial charge in [0.05, 0.1) is 6.10 Å². The van der Waals surface area contributed by atoms with E-state index >= 15 is 0 Å². The van der Waals surface area contributed by atoms with E-state index in [0.717, 1.165) is 25.3 Å². The van der Waals surface area contributed by atoms with E-state index in [1.807, 2.05) is 0 Å². The predicted molar refractivity (Wildman–Crippen MR) is 82.2 cm³/mol. The van der Waals surface area contributed by atoms with Crippen LogP contribution < -0.4 is 10.1 Å². The molecule has 0 saturated heterocycles. The van der Waals surface area contributed by atoms with Gasteiger partial charge < -0.3 is 14.8 Å². The minimum absolute atomic E-state index is 0.368. The fourth-order valence-electron chi connectivity index (χ4n) is 2.69. The van der Waals surface area contributed by atoms with Crippen LogP contribution in [0, 0.1) is 0 Å². The van der Waals surface area contributed by atoms with Gasteiger partial charge in [-0.15, -0.1) is 0 Å². The Morgan fingerprint density at radius 1 is 1.20 bits per heavy atom. The number of hydrogen-bond acceptors (Lipinski definition) is 3. The SMILES string of the molecule is COCCCN[C@H](C)c1ccc(OC2CCCC2)cc1. The van der Waals surface area contributed by atoms with Gasteiger partial charge in [0.15, 0.2) is 0 Å². The molecule has 0 heterocycles. The van der Waals surface area contributed by atoms with Crippen LogP contribution in [0.3, 0.4) is 0 Å². The van der Waals surface area contributed by atoms with Crippen molar-refractivity contribution in [2.45, 2.75) is 51.2 Å². The normalized spacial score (nSPS) is 17.3. The minimum atomic E-state index is 0.368. The number of ether oxygens (including phenoxy) is 2. The molecule has 1 atom stereocenters. The topological polar surface area (TPSA) is 30.5 Å². The molecule has 1 N–H and O–H groups in total. The molecule has 0 radical (unpaired) electrons. The first-order valence-electron chi connectivity index (χ1n) is 7.78. The average molecular weight is 277 g/mol. The predicted octanol–water partition coefficient (Wildman–Crippen LogP) is 3.70. The van der Waals surface area contributed by atoms with Crippen molar-refractivity contribution in [2.24, 2.45) is 0 Å². The molecular formula is C17H27NO2. The molecule has 0 aliphatic heterocycles. The van der Waals surface area contributed by atoms with Crippen molar-refractivity contribution in [1.82, 2.24) is 5.32 Å². The van der Waals surface area contributed by atoms with E-state index in [0.29, 0.717) is 12.1 Å². The van der Waals surface area contributed by atoms with Crippen molar-refractivity contribution < 1.29 is 9.47 Å². The molecule has 0 spiro atoms. The van der Waals surface area contributed by atoms with Crippen LogP contribution in [0.2, 0.25) is 0 Å². The highest BCUT2D eigenvalue weighted by molar-refractivity contribution is 5.29. The standard InChI is InChI=1S/C17H27NO2/c1-14(18-12-5-13-19-2)15-8-10-17(11-9-15)20-16-6-3-4-7-16/h8-11,14,16,18H,3-7,12-13H2,1-2H3/t14-/m1/s1. The van der Waals surface area contributed by atoms with Crippen LogP contribution in [0.1, 0.15) is 50.6 Å². The highest BCUT2D eigenvalue weighted by Gasteiger charge is 2.16. The highest BCUT2D eigenvalue weighted by atomic mass is 16.5. The first kappa shape index (κ1) is 15.3. The summed E-state index contributed by atoms with van der Waals surface area (Å²) in [7, 11) is 1.74. The van der Waals surface area contributed by atoms with E-state index in [4.69, 9.17) is 9.47 Å². The van der Waals surface area contributed by atoms with E-state index in [9.17, 15) is 0 Å². The molecule has 1 aliphatic rings. The number of rotatable bonds is 8. The monoisotopic (exact) mass is 277 g/mol. The van der Waals surface area contributed by atoms with Crippen LogP contribution in [0.4, 0.5) is 0 Å². The van der Waals surface area contributed by atoms with Crippen molar-refractivity contribution in [3.05, 3.63) is 29.8 Å². The number of methoxy groups -OCH3 is 1. The van der Waals surface area contributed by atoms with Gasteiger partial charge in [0, 0.05) is 19.8 Å². The molecule has 1 aromatic rings. The quantitative estimate of drug-likeness (QED) is 0.735. The molecular weight excluding hydrogens is 250 g/mol. The van der Waals surface area contributed by atoms with Crippen LogP contribution >= 0.6 is 0 Å². The minimum Gasteiger partial charge on any atom is -0.490 e. The summed E-state index contributed by atoms with van der Waals surface area (Å²) in [5.41, 5.74) is 1.31. The number of benzene rings is 1. The van der Waals surface area contributed by atoms with E-state index < -0.39 is 0 Å². The fourth-order valence-corrected chi connectivity index (χ4v) is 2.69. The molecule has 1 aromatic carbocycles. The Balaban J connectivity index is 1.77. The molecule has 0 amide bonds. The van der Waals surface area contributed by atoms with E-state index in [1.54, 1.807) is 7.11 Å². The van der Waals surface area contributed by atoms with Gasteiger partial charge in [-0.1, -0.05) is 12.1 Å². The van der Waals surface area contributed by atoms with Crippen LogP contribution in [-0.2, 0) is 4.74 Å². The summed E-state index contributed by atoms with van der Waals surface area (Å²) in [6.07, 6.45) is 6.52. The summed E-state index contributed by atoms with van der Waals surface area (Å²) in [4.78, 5) is 0. The largest absolute Gasteiger partial charge is 0.490 e. The summed E-state index contributed by atoms with van der Waals surface area (Å²) < 4.78 is 11.0. The molecule has 3 heteroatoms. The third-order valence-electron chi connectivity index (χ3n) is 3.96. The Hall–Kier alpha value is -1.06. The van der Waals surface area contributed by atoms with Crippen LogP contribution in [0.5, 0.6) is 5.75 Å². The van der Waals surface area contributed by atoms with Gasteiger partial charge in [0.1, 0.15) is 5.75 Å². The van der Waals surface area contributed by atoms with Gasteiger partial charge in [-0.05, 0) is 63.3 Å². The molecule has 1 fully saturated rings. The number of nitrogens with one attached hydrogen (secondary N) is 1. The lowest BCUT2D eigenvalue weighted by atomic mass is 10.1. The van der Waals surface area contributed by atoms with Crippen LogP contribution in [0.25, 0.3) is 0 Å².